The van der Waals surface area contributed by atoms with E-state index in [1.807, 2.05) is 43.3 Å². The molecule has 0 saturated carbocycles. The normalized spacial score (nSPS) is 18.1. The van der Waals surface area contributed by atoms with Gasteiger partial charge in [-0.1, -0.05) is 37.6 Å². The Hall–Kier alpha value is -2.57. The fourth-order valence-corrected chi connectivity index (χ4v) is 4.87. The largest absolute Gasteiger partial charge is 0.466 e. The lowest BCUT2D eigenvalue weighted by atomic mass is 9.74. The van der Waals surface area contributed by atoms with Gasteiger partial charge in [-0.05, 0) is 50.1 Å². The van der Waals surface area contributed by atoms with Crippen LogP contribution >= 0.6 is 11.6 Å². The smallest absolute Gasteiger partial charge is 0.313 e. The van der Waals surface area contributed by atoms with Crippen LogP contribution in [0.4, 0.5) is 5.69 Å². The fraction of sp³-hybridized carbons (Fsp3) is 0.440. The highest BCUT2D eigenvalue weighted by Gasteiger charge is 2.46. The maximum Gasteiger partial charge on any atom is 0.313 e. The van der Waals surface area contributed by atoms with Gasteiger partial charge in [-0.2, -0.15) is 0 Å². The monoisotopic (exact) mass is 455 g/mol. The second-order valence-corrected chi connectivity index (χ2v) is 8.62. The molecule has 0 aromatic heterocycles. The van der Waals surface area contributed by atoms with Crippen LogP contribution in [0.3, 0.4) is 0 Å². The van der Waals surface area contributed by atoms with Crippen molar-refractivity contribution in [2.75, 3.05) is 26.2 Å². The number of amidine groups is 1. The van der Waals surface area contributed by atoms with Gasteiger partial charge in [-0.25, -0.2) is 4.99 Å². The third-order valence-corrected chi connectivity index (χ3v) is 6.82. The van der Waals surface area contributed by atoms with Gasteiger partial charge in [0.2, 0.25) is 0 Å². The number of aliphatic imine (C=N–C) groups is 1. The first-order valence-electron chi connectivity index (χ1n) is 11.3. The molecular weight excluding hydrogens is 426 g/mol. The average molecular weight is 456 g/mol. The van der Waals surface area contributed by atoms with E-state index in [0.717, 1.165) is 30.2 Å². The van der Waals surface area contributed by atoms with Crippen molar-refractivity contribution in [2.45, 2.75) is 39.7 Å². The van der Waals surface area contributed by atoms with E-state index < -0.39 is 5.41 Å². The molecule has 0 spiro atoms. The number of ether oxygens (including phenoxy) is 2. The van der Waals surface area contributed by atoms with E-state index >= 15 is 0 Å². The van der Waals surface area contributed by atoms with Crippen LogP contribution in [0.1, 0.15) is 39.2 Å². The van der Waals surface area contributed by atoms with E-state index in [2.05, 4.69) is 24.1 Å². The highest BCUT2D eigenvalue weighted by molar-refractivity contribution is 6.31. The molecule has 170 valence electrons. The second-order valence-electron chi connectivity index (χ2n) is 8.18. The third kappa shape index (κ3) is 4.09. The highest BCUT2D eigenvalue weighted by atomic mass is 35.5. The number of hydrogen-bond donors (Lipinski definition) is 1. The van der Waals surface area contributed by atoms with Crippen molar-refractivity contribution in [2.24, 2.45) is 10.4 Å². The van der Waals surface area contributed by atoms with E-state index in [9.17, 15) is 4.79 Å². The van der Waals surface area contributed by atoms with Crippen LogP contribution in [0.15, 0.2) is 47.5 Å². The molecular formula is C25H30ClN3O3. The Morgan fingerprint density at radius 3 is 2.75 bits per heavy atom. The third-order valence-electron chi connectivity index (χ3n) is 6.58. The number of para-hydroxylation sites is 1. The number of esters is 1. The molecule has 1 fully saturated rings. The number of benzene rings is 2. The molecule has 0 unspecified atom stereocenters. The van der Waals surface area contributed by atoms with E-state index in [-0.39, 0.29) is 12.0 Å². The van der Waals surface area contributed by atoms with Crippen LogP contribution in [0.25, 0.3) is 0 Å². The van der Waals surface area contributed by atoms with Crippen LogP contribution < -0.4 is 10.1 Å². The molecule has 0 bridgehead atoms. The Balaban J connectivity index is 1.74. The van der Waals surface area contributed by atoms with Gasteiger partial charge in [-0.15, -0.1) is 0 Å². The lowest BCUT2D eigenvalue weighted by Gasteiger charge is -2.44. The van der Waals surface area contributed by atoms with Crippen molar-refractivity contribution in [3.8, 4) is 11.5 Å². The summed E-state index contributed by atoms with van der Waals surface area (Å²) in [6.07, 6.45) is 1.41. The average Bonchev–Trinajstić information content (AvgIpc) is 2.97. The van der Waals surface area contributed by atoms with Crippen molar-refractivity contribution in [1.82, 2.24) is 10.2 Å². The maximum atomic E-state index is 13.0. The van der Waals surface area contributed by atoms with Crippen LogP contribution in [0, 0.1) is 5.41 Å². The lowest BCUT2D eigenvalue weighted by molar-refractivity contribution is -0.158. The SMILES string of the molecule is CCOC(=O)C(CC)(CC)[C@@H]1CN(C2=Nc3cc(Cl)ccc3Oc3ccccc32)CCN1. The summed E-state index contributed by atoms with van der Waals surface area (Å²) in [6.45, 7) is 8.52. The van der Waals surface area contributed by atoms with Crippen molar-refractivity contribution in [3.05, 3.63) is 53.1 Å². The van der Waals surface area contributed by atoms with Gasteiger partial charge in [-0.3, -0.25) is 4.79 Å². The van der Waals surface area contributed by atoms with Gasteiger partial charge in [0.25, 0.3) is 0 Å². The zero-order chi connectivity index (χ0) is 22.7. The number of carbonyl (C=O) groups excluding carboxylic acids is 1. The Kier molecular flexibility index (Phi) is 6.72. The molecule has 1 N–H and O–H groups in total. The molecule has 7 heteroatoms. The van der Waals surface area contributed by atoms with Crippen LogP contribution in [0.2, 0.25) is 5.02 Å². The van der Waals surface area contributed by atoms with Crippen LogP contribution in [-0.4, -0.2) is 49.0 Å². The molecule has 2 aromatic carbocycles. The molecule has 2 heterocycles. The molecule has 0 amide bonds. The minimum atomic E-state index is -0.586. The standard InChI is InChI=1S/C25H30ClN3O3/c1-4-25(5-2,24(30)31-6-3)22-16-29(14-13-27-22)23-18-9-7-8-10-20(18)32-21-12-11-17(26)15-19(21)28-23/h7-12,15,22,27H,4-6,13-14,16H2,1-3H3/t22-/m0/s1. The summed E-state index contributed by atoms with van der Waals surface area (Å²) in [5.41, 5.74) is 1.04. The van der Waals surface area contributed by atoms with Crippen molar-refractivity contribution in [1.29, 1.82) is 0 Å². The molecule has 1 saturated heterocycles. The molecule has 2 aliphatic heterocycles. The minimum Gasteiger partial charge on any atom is -0.466 e. The highest BCUT2D eigenvalue weighted by Crippen LogP contribution is 2.40. The number of nitrogens with zero attached hydrogens (tertiary/aromatic N) is 2. The first-order valence-corrected chi connectivity index (χ1v) is 11.7. The van der Waals surface area contributed by atoms with E-state index in [1.165, 1.54) is 0 Å². The van der Waals surface area contributed by atoms with Gasteiger partial charge in [0, 0.05) is 30.7 Å². The second kappa shape index (κ2) is 9.51. The first-order chi connectivity index (χ1) is 15.5. The summed E-state index contributed by atoms with van der Waals surface area (Å²) in [6, 6.07) is 13.3. The number of rotatable bonds is 5. The number of piperazine rings is 1. The molecule has 2 aromatic rings. The van der Waals surface area contributed by atoms with Gasteiger partial charge < -0.3 is 19.7 Å². The molecule has 4 rings (SSSR count). The number of nitrogens with one attached hydrogen (secondary N) is 1. The van der Waals surface area contributed by atoms with E-state index in [4.69, 9.17) is 26.1 Å². The quantitative estimate of drug-likeness (QED) is 0.630. The van der Waals surface area contributed by atoms with Gasteiger partial charge in [0.15, 0.2) is 5.75 Å². The Morgan fingerprint density at radius 2 is 2.00 bits per heavy atom. The number of hydrogen-bond acceptors (Lipinski definition) is 6. The molecule has 0 aliphatic carbocycles. The van der Waals surface area contributed by atoms with Gasteiger partial charge >= 0.3 is 5.97 Å². The Labute approximate surface area is 194 Å². The van der Waals surface area contributed by atoms with Crippen molar-refractivity contribution >= 4 is 29.1 Å². The van der Waals surface area contributed by atoms with Crippen molar-refractivity contribution in [3.63, 3.8) is 0 Å². The number of halogens is 1. The topological polar surface area (TPSA) is 63.2 Å². The predicted molar refractivity (Wildman–Crippen MR) is 127 cm³/mol. The Bertz CT molecular complexity index is 1020. The summed E-state index contributed by atoms with van der Waals surface area (Å²) in [5.74, 6) is 2.13. The molecule has 0 radical (unpaired) electrons. The van der Waals surface area contributed by atoms with Gasteiger partial charge in [0.05, 0.1) is 17.6 Å². The zero-order valence-corrected chi connectivity index (χ0v) is 19.6. The van der Waals surface area contributed by atoms with Crippen molar-refractivity contribution < 1.29 is 14.3 Å². The summed E-state index contributed by atoms with van der Waals surface area (Å²) >= 11 is 6.26. The zero-order valence-electron chi connectivity index (χ0n) is 18.9. The van der Waals surface area contributed by atoms with E-state index in [0.29, 0.717) is 42.5 Å². The summed E-state index contributed by atoms with van der Waals surface area (Å²) in [4.78, 5) is 20.3. The maximum absolute atomic E-state index is 13.0. The first kappa shape index (κ1) is 22.6. The summed E-state index contributed by atoms with van der Waals surface area (Å²) in [7, 11) is 0. The number of fused-ring (bicyclic) bond motifs is 2. The molecule has 2 aliphatic rings. The number of carbonyl (C=O) groups is 1. The van der Waals surface area contributed by atoms with Crippen LogP contribution in [0.5, 0.6) is 11.5 Å². The molecule has 1 atom stereocenters. The summed E-state index contributed by atoms with van der Waals surface area (Å²) < 4.78 is 11.7. The van der Waals surface area contributed by atoms with E-state index in [1.54, 1.807) is 6.07 Å². The lowest BCUT2D eigenvalue weighted by Crippen LogP contribution is -2.61. The Morgan fingerprint density at radius 1 is 1.22 bits per heavy atom. The summed E-state index contributed by atoms with van der Waals surface area (Å²) in [5, 5.41) is 4.20. The van der Waals surface area contributed by atoms with Gasteiger partial charge in [0.1, 0.15) is 17.3 Å². The van der Waals surface area contributed by atoms with Crippen LogP contribution in [-0.2, 0) is 9.53 Å². The predicted octanol–water partition coefficient (Wildman–Crippen LogP) is 5.17. The minimum absolute atomic E-state index is 0.0526. The molecule has 32 heavy (non-hydrogen) atoms. The fourth-order valence-electron chi connectivity index (χ4n) is 4.70. The molecule has 6 nitrogen and oxygen atoms in total.